The molecule has 17 heavy (non-hydrogen) atoms. The smallest absolute Gasteiger partial charge is 0.151 e. The molecule has 0 saturated heterocycles. The molecule has 0 unspecified atom stereocenters. The van der Waals surface area contributed by atoms with Crippen LogP contribution < -0.4 is 0 Å². The number of rotatable bonds is 4. The first kappa shape index (κ1) is 11.9. The van der Waals surface area contributed by atoms with Crippen molar-refractivity contribution >= 4 is 18.0 Å². The van der Waals surface area contributed by atoms with Crippen molar-refractivity contribution in [2.45, 2.75) is 17.7 Å². The summed E-state index contributed by atoms with van der Waals surface area (Å²) in [6, 6.07) is 12.1. The second-order valence-electron chi connectivity index (χ2n) is 3.83. The Balaban J connectivity index is 1.99. The number of hydrogen-bond donors (Lipinski definition) is 0. The summed E-state index contributed by atoms with van der Waals surface area (Å²) in [6.45, 7) is 2.09. The SMILES string of the molecule is Cc1cccc(CSc2ccc(C=O)cn2)c1. The van der Waals surface area contributed by atoms with E-state index < -0.39 is 0 Å². The number of carbonyl (C=O) groups is 1. The molecule has 0 aliphatic rings. The second-order valence-corrected chi connectivity index (χ2v) is 4.82. The second kappa shape index (κ2) is 5.64. The predicted molar refractivity (Wildman–Crippen MR) is 70.4 cm³/mol. The molecule has 1 heterocycles. The molecule has 2 aromatic rings. The summed E-state index contributed by atoms with van der Waals surface area (Å²) in [6.07, 6.45) is 2.41. The number of aldehydes is 1. The molecule has 0 amide bonds. The van der Waals surface area contributed by atoms with Gasteiger partial charge >= 0.3 is 0 Å². The van der Waals surface area contributed by atoms with Gasteiger partial charge in [-0.25, -0.2) is 4.98 Å². The first-order valence-electron chi connectivity index (χ1n) is 5.37. The Morgan fingerprint density at radius 3 is 2.82 bits per heavy atom. The van der Waals surface area contributed by atoms with Gasteiger partial charge in [-0.3, -0.25) is 4.79 Å². The van der Waals surface area contributed by atoms with Gasteiger partial charge < -0.3 is 0 Å². The molecular formula is C14H13NOS. The zero-order valence-corrected chi connectivity index (χ0v) is 10.4. The molecular weight excluding hydrogens is 230 g/mol. The number of pyridine rings is 1. The third-order valence-electron chi connectivity index (χ3n) is 2.36. The zero-order chi connectivity index (χ0) is 12.1. The monoisotopic (exact) mass is 243 g/mol. The molecule has 0 atom stereocenters. The van der Waals surface area contributed by atoms with Crippen molar-refractivity contribution < 1.29 is 4.79 Å². The Morgan fingerprint density at radius 2 is 2.18 bits per heavy atom. The highest BCUT2D eigenvalue weighted by molar-refractivity contribution is 7.98. The molecule has 3 heteroatoms. The van der Waals surface area contributed by atoms with Crippen LogP contribution in [0.5, 0.6) is 0 Å². The Kier molecular flexibility index (Phi) is 3.94. The van der Waals surface area contributed by atoms with Gasteiger partial charge in [0.2, 0.25) is 0 Å². The summed E-state index contributed by atoms with van der Waals surface area (Å²) in [5.74, 6) is 0.898. The summed E-state index contributed by atoms with van der Waals surface area (Å²) < 4.78 is 0. The van der Waals surface area contributed by atoms with E-state index in [4.69, 9.17) is 0 Å². The van der Waals surface area contributed by atoms with Gasteiger partial charge in [0.25, 0.3) is 0 Å². The van der Waals surface area contributed by atoms with Crippen LogP contribution in [-0.4, -0.2) is 11.3 Å². The molecule has 0 fully saturated rings. The van der Waals surface area contributed by atoms with E-state index in [0.717, 1.165) is 17.1 Å². The van der Waals surface area contributed by atoms with E-state index in [2.05, 4.69) is 36.2 Å². The fourth-order valence-corrected chi connectivity index (χ4v) is 2.29. The summed E-state index contributed by atoms with van der Waals surface area (Å²) in [5, 5.41) is 0.942. The molecule has 0 N–H and O–H groups in total. The zero-order valence-electron chi connectivity index (χ0n) is 9.59. The lowest BCUT2D eigenvalue weighted by molar-refractivity contribution is 0.112. The maximum absolute atomic E-state index is 10.5. The van der Waals surface area contributed by atoms with Gasteiger partial charge in [-0.05, 0) is 24.6 Å². The van der Waals surface area contributed by atoms with E-state index in [1.165, 1.54) is 11.1 Å². The molecule has 2 nitrogen and oxygen atoms in total. The highest BCUT2D eigenvalue weighted by Gasteiger charge is 1.98. The molecule has 0 bridgehead atoms. The molecule has 0 saturated carbocycles. The summed E-state index contributed by atoms with van der Waals surface area (Å²) in [4.78, 5) is 14.7. The number of hydrogen-bond acceptors (Lipinski definition) is 3. The van der Waals surface area contributed by atoms with Crippen LogP contribution >= 0.6 is 11.8 Å². The first-order chi connectivity index (χ1) is 8.28. The minimum Gasteiger partial charge on any atom is -0.298 e. The lowest BCUT2D eigenvalue weighted by atomic mass is 10.2. The van der Waals surface area contributed by atoms with Crippen LogP contribution in [0.4, 0.5) is 0 Å². The van der Waals surface area contributed by atoms with Crippen LogP contribution in [0.2, 0.25) is 0 Å². The molecule has 0 aliphatic heterocycles. The van der Waals surface area contributed by atoms with Crippen LogP contribution in [-0.2, 0) is 5.75 Å². The van der Waals surface area contributed by atoms with Gasteiger partial charge in [0.05, 0.1) is 5.03 Å². The van der Waals surface area contributed by atoms with Crippen LogP contribution in [0.1, 0.15) is 21.5 Å². The standard InChI is InChI=1S/C14H13NOS/c1-11-3-2-4-12(7-11)10-17-14-6-5-13(9-16)8-15-14/h2-9H,10H2,1H3. The number of nitrogens with zero attached hydrogens (tertiary/aromatic N) is 1. The average Bonchev–Trinajstić information content (AvgIpc) is 2.37. The fourth-order valence-electron chi connectivity index (χ4n) is 1.51. The quantitative estimate of drug-likeness (QED) is 0.608. The first-order valence-corrected chi connectivity index (χ1v) is 6.36. The number of aryl methyl sites for hydroxylation is 1. The maximum atomic E-state index is 10.5. The van der Waals surface area contributed by atoms with E-state index in [1.54, 1.807) is 24.0 Å². The molecule has 86 valence electrons. The van der Waals surface area contributed by atoms with Gasteiger partial charge in [-0.2, -0.15) is 0 Å². The predicted octanol–water partition coefficient (Wildman–Crippen LogP) is 3.49. The van der Waals surface area contributed by atoms with Gasteiger partial charge in [0, 0.05) is 17.5 Å². The minimum absolute atomic E-state index is 0.616. The largest absolute Gasteiger partial charge is 0.298 e. The van der Waals surface area contributed by atoms with Crippen molar-refractivity contribution in [1.29, 1.82) is 0 Å². The lowest BCUT2D eigenvalue weighted by Gasteiger charge is -2.02. The van der Waals surface area contributed by atoms with Crippen molar-refractivity contribution in [2.24, 2.45) is 0 Å². The Hall–Kier alpha value is -1.61. The Bertz CT molecular complexity index is 508. The Morgan fingerprint density at radius 1 is 1.29 bits per heavy atom. The summed E-state index contributed by atoms with van der Waals surface area (Å²) >= 11 is 1.67. The molecule has 0 aliphatic carbocycles. The van der Waals surface area contributed by atoms with Crippen molar-refractivity contribution in [3.05, 3.63) is 59.3 Å². The Labute approximate surface area is 105 Å². The van der Waals surface area contributed by atoms with Gasteiger partial charge in [0.15, 0.2) is 6.29 Å². The minimum atomic E-state index is 0.616. The molecule has 2 rings (SSSR count). The van der Waals surface area contributed by atoms with Crippen molar-refractivity contribution in [3.8, 4) is 0 Å². The van der Waals surface area contributed by atoms with Crippen molar-refractivity contribution in [2.75, 3.05) is 0 Å². The third kappa shape index (κ3) is 3.43. The van der Waals surface area contributed by atoms with Crippen LogP contribution in [0.15, 0.2) is 47.6 Å². The maximum Gasteiger partial charge on any atom is 0.151 e. The van der Waals surface area contributed by atoms with Crippen LogP contribution in [0, 0.1) is 6.92 Å². The summed E-state index contributed by atoms with van der Waals surface area (Å²) in [5.41, 5.74) is 3.17. The van der Waals surface area contributed by atoms with Gasteiger partial charge in [-0.1, -0.05) is 29.8 Å². The molecule has 1 aromatic heterocycles. The molecule has 1 aromatic carbocycles. The third-order valence-corrected chi connectivity index (χ3v) is 3.38. The normalized spacial score (nSPS) is 10.2. The number of aromatic nitrogens is 1. The van der Waals surface area contributed by atoms with E-state index in [-0.39, 0.29) is 0 Å². The highest BCUT2D eigenvalue weighted by Crippen LogP contribution is 2.21. The van der Waals surface area contributed by atoms with Crippen LogP contribution in [0.25, 0.3) is 0 Å². The number of benzene rings is 1. The molecule has 0 spiro atoms. The van der Waals surface area contributed by atoms with Crippen molar-refractivity contribution in [1.82, 2.24) is 4.98 Å². The van der Waals surface area contributed by atoms with E-state index in [1.807, 2.05) is 6.07 Å². The van der Waals surface area contributed by atoms with E-state index >= 15 is 0 Å². The fraction of sp³-hybridized carbons (Fsp3) is 0.143. The van der Waals surface area contributed by atoms with E-state index in [0.29, 0.717) is 5.56 Å². The lowest BCUT2D eigenvalue weighted by Crippen LogP contribution is -1.86. The topological polar surface area (TPSA) is 30.0 Å². The summed E-state index contributed by atoms with van der Waals surface area (Å²) in [7, 11) is 0. The van der Waals surface area contributed by atoms with E-state index in [9.17, 15) is 4.79 Å². The molecule has 0 radical (unpaired) electrons. The van der Waals surface area contributed by atoms with Gasteiger partial charge in [-0.15, -0.1) is 11.8 Å². The van der Waals surface area contributed by atoms with Crippen molar-refractivity contribution in [3.63, 3.8) is 0 Å². The number of carbonyl (C=O) groups excluding carboxylic acids is 1. The number of thioether (sulfide) groups is 1. The van der Waals surface area contributed by atoms with Gasteiger partial charge in [0.1, 0.15) is 0 Å². The van der Waals surface area contributed by atoms with Crippen LogP contribution in [0.3, 0.4) is 0 Å². The highest BCUT2D eigenvalue weighted by atomic mass is 32.2. The average molecular weight is 243 g/mol.